The summed E-state index contributed by atoms with van der Waals surface area (Å²) in [5, 5.41) is 4.38. The van der Waals surface area contributed by atoms with Crippen LogP contribution >= 0.6 is 0 Å². The number of para-hydroxylation sites is 4. The predicted octanol–water partition coefficient (Wildman–Crippen LogP) is 5.67. The van der Waals surface area contributed by atoms with Crippen molar-refractivity contribution < 1.29 is 19.1 Å². The van der Waals surface area contributed by atoms with Crippen LogP contribution in [0.2, 0.25) is 0 Å². The Labute approximate surface area is 274 Å². The van der Waals surface area contributed by atoms with E-state index in [1.807, 2.05) is 107 Å². The van der Waals surface area contributed by atoms with Crippen molar-refractivity contribution in [2.45, 2.75) is 0 Å². The fraction of sp³-hybridized carbons (Fsp3) is 0.0500. The van der Waals surface area contributed by atoms with Gasteiger partial charge in [0.1, 0.15) is 11.5 Å². The molecule has 7 heteroatoms. The number of hydrogen-bond donors (Lipinski definition) is 0. The van der Waals surface area contributed by atoms with Crippen LogP contribution in [0.15, 0.2) is 146 Å². The molecule has 1 spiro atoms. The molecular weight excluding hydrogens is 601 g/mol. The molecule has 0 radical (unpaired) electrons. The van der Waals surface area contributed by atoms with Gasteiger partial charge in [-0.15, -0.1) is 0 Å². The molecule has 2 amide bonds. The summed E-state index contributed by atoms with van der Waals surface area (Å²) in [4.78, 5) is 32.6. The van der Waals surface area contributed by atoms with Crippen LogP contribution in [0, 0.1) is 0 Å². The van der Waals surface area contributed by atoms with E-state index in [0.717, 1.165) is 43.5 Å². The highest BCUT2D eigenvalue weighted by Crippen LogP contribution is 2.39. The number of carbonyl (C=O) groups is 2. The van der Waals surface area contributed by atoms with Gasteiger partial charge in [0, 0.05) is 33.9 Å². The van der Waals surface area contributed by atoms with E-state index in [0.29, 0.717) is 22.6 Å². The molecule has 47 heavy (non-hydrogen) atoms. The number of carbonyl (C=O) groups excluding carboxylic acids is 2. The van der Waals surface area contributed by atoms with Crippen LogP contribution in [-0.4, -0.2) is 34.1 Å². The van der Waals surface area contributed by atoms with Gasteiger partial charge in [-0.25, -0.2) is 0 Å². The third-order valence-corrected chi connectivity index (χ3v) is 14.2. The highest BCUT2D eigenvalue weighted by molar-refractivity contribution is 7.23. The molecule has 0 N–H and O–H groups in total. The van der Waals surface area contributed by atoms with E-state index in [2.05, 4.69) is 48.5 Å². The van der Waals surface area contributed by atoms with Gasteiger partial charge in [-0.3, -0.25) is 19.4 Å². The number of methoxy groups -OCH3 is 2. The smallest absolute Gasteiger partial charge is 0.262 e. The van der Waals surface area contributed by atoms with Crippen LogP contribution in [-0.2, 0) is 0 Å². The Kier molecular flexibility index (Phi) is 6.77. The third kappa shape index (κ3) is 4.17. The molecule has 6 nitrogen and oxygen atoms in total. The zero-order valence-corrected chi connectivity index (χ0v) is 26.9. The molecule has 0 saturated carbocycles. The number of anilines is 4. The SMILES string of the molecule is COc1ccc(C(=O)N2c3ccccc3[Si]3(c4ccccc42)c2ccccc2N(C(=O)c2ccc(OC)cc2)c2ccccc23)cc1. The molecule has 228 valence electrons. The first-order chi connectivity index (χ1) is 23.1. The minimum absolute atomic E-state index is 0.120. The first-order valence-corrected chi connectivity index (χ1v) is 17.4. The molecule has 0 aliphatic carbocycles. The highest BCUT2D eigenvalue weighted by Gasteiger charge is 2.54. The lowest BCUT2D eigenvalue weighted by atomic mass is 10.1. The fourth-order valence-corrected chi connectivity index (χ4v) is 12.7. The number of fused-ring (bicyclic) bond motifs is 8. The fourth-order valence-electron chi connectivity index (χ4n) is 7.24. The van der Waals surface area contributed by atoms with Gasteiger partial charge in [0.2, 0.25) is 0 Å². The molecule has 0 saturated heterocycles. The minimum Gasteiger partial charge on any atom is -0.497 e. The lowest BCUT2D eigenvalue weighted by Gasteiger charge is -2.49. The van der Waals surface area contributed by atoms with Gasteiger partial charge < -0.3 is 9.47 Å². The van der Waals surface area contributed by atoms with E-state index >= 15 is 0 Å². The maximum Gasteiger partial charge on any atom is 0.262 e. The molecule has 0 aromatic heterocycles. The van der Waals surface area contributed by atoms with Crippen LogP contribution in [0.25, 0.3) is 0 Å². The summed E-state index contributed by atoms with van der Waals surface area (Å²) in [5.74, 6) is 1.14. The van der Waals surface area contributed by atoms with Crippen molar-refractivity contribution in [3.63, 3.8) is 0 Å². The van der Waals surface area contributed by atoms with E-state index in [4.69, 9.17) is 9.47 Å². The Morgan fingerprint density at radius 3 is 0.979 bits per heavy atom. The van der Waals surface area contributed by atoms with Gasteiger partial charge in [0.05, 0.1) is 14.2 Å². The van der Waals surface area contributed by atoms with Crippen molar-refractivity contribution in [1.29, 1.82) is 0 Å². The molecule has 0 atom stereocenters. The van der Waals surface area contributed by atoms with Crippen LogP contribution < -0.4 is 40.0 Å². The second-order valence-corrected chi connectivity index (χ2v) is 15.2. The molecule has 2 aliphatic heterocycles. The summed E-state index contributed by atoms with van der Waals surface area (Å²) in [6.07, 6.45) is 0. The van der Waals surface area contributed by atoms with Gasteiger partial charge >= 0.3 is 0 Å². The number of rotatable bonds is 4. The lowest BCUT2D eigenvalue weighted by molar-refractivity contribution is 0.0991. The van der Waals surface area contributed by atoms with E-state index < -0.39 is 8.07 Å². The summed E-state index contributed by atoms with van der Waals surface area (Å²) < 4.78 is 10.7. The van der Waals surface area contributed by atoms with Crippen LogP contribution in [0.4, 0.5) is 22.7 Å². The first kappa shape index (κ1) is 28.5. The van der Waals surface area contributed by atoms with Crippen molar-refractivity contribution in [2.75, 3.05) is 24.0 Å². The molecule has 0 unspecified atom stereocenters. The Bertz CT molecular complexity index is 1920. The summed E-state index contributed by atoms with van der Waals surface area (Å²) in [7, 11) is 0.142. The predicted molar refractivity (Wildman–Crippen MR) is 189 cm³/mol. The van der Waals surface area contributed by atoms with Crippen LogP contribution in [0.3, 0.4) is 0 Å². The average Bonchev–Trinajstić information content (AvgIpc) is 3.14. The van der Waals surface area contributed by atoms with E-state index in [9.17, 15) is 9.59 Å². The molecular formula is C40H30N2O4Si. The number of ether oxygens (including phenoxy) is 2. The standard InChI is InChI=1S/C40H30N2O4Si/c1-45-29-23-19-27(20-24-29)39(43)41-31-11-3-7-15-35(31)47(36-16-8-4-12-32(36)41)37-17-9-5-13-33(37)42(34-14-6-10-18-38(34)47)40(44)28-21-25-30(46-2)26-22-28/h3-26H,1-2H3. The Morgan fingerprint density at radius 2 is 0.702 bits per heavy atom. The zero-order chi connectivity index (χ0) is 32.1. The van der Waals surface area contributed by atoms with Crippen LogP contribution in [0.5, 0.6) is 11.5 Å². The largest absolute Gasteiger partial charge is 0.497 e. The van der Waals surface area contributed by atoms with E-state index in [1.165, 1.54) is 0 Å². The van der Waals surface area contributed by atoms with Gasteiger partial charge in [-0.2, -0.15) is 0 Å². The number of hydrogen-bond acceptors (Lipinski definition) is 4. The van der Waals surface area contributed by atoms with Crippen LogP contribution in [0.1, 0.15) is 20.7 Å². The van der Waals surface area contributed by atoms with Crippen molar-refractivity contribution >= 4 is 63.4 Å². The topological polar surface area (TPSA) is 59.1 Å². The second-order valence-electron chi connectivity index (χ2n) is 11.6. The molecule has 6 aromatic carbocycles. The minimum atomic E-state index is -3.09. The molecule has 6 aromatic rings. The molecule has 8 rings (SSSR count). The number of benzene rings is 6. The normalized spacial score (nSPS) is 13.6. The molecule has 0 fully saturated rings. The third-order valence-electron chi connectivity index (χ3n) is 9.28. The van der Waals surface area contributed by atoms with Crippen molar-refractivity contribution in [3.8, 4) is 11.5 Å². The number of nitrogens with zero attached hydrogens (tertiary/aromatic N) is 2. The summed E-state index contributed by atoms with van der Waals surface area (Å²) in [5.41, 5.74) is 4.51. The van der Waals surface area contributed by atoms with Crippen molar-refractivity contribution in [3.05, 3.63) is 157 Å². The Hall–Kier alpha value is -5.92. The van der Waals surface area contributed by atoms with E-state index in [1.54, 1.807) is 14.2 Å². The van der Waals surface area contributed by atoms with E-state index in [-0.39, 0.29) is 11.8 Å². The second kappa shape index (κ2) is 11.2. The maximum absolute atomic E-state index is 14.5. The molecule has 2 heterocycles. The Balaban J connectivity index is 1.40. The highest BCUT2D eigenvalue weighted by atomic mass is 28.3. The molecule has 2 aliphatic rings. The van der Waals surface area contributed by atoms with Crippen molar-refractivity contribution in [2.24, 2.45) is 0 Å². The maximum atomic E-state index is 14.5. The lowest BCUT2D eigenvalue weighted by Crippen LogP contribution is -2.80. The zero-order valence-electron chi connectivity index (χ0n) is 25.9. The molecule has 0 bridgehead atoms. The van der Waals surface area contributed by atoms with Gasteiger partial charge in [-0.05, 0) is 93.5 Å². The monoisotopic (exact) mass is 630 g/mol. The first-order valence-electron chi connectivity index (χ1n) is 15.4. The average molecular weight is 631 g/mol. The summed E-state index contributed by atoms with van der Waals surface area (Å²) >= 11 is 0. The van der Waals surface area contributed by atoms with Crippen molar-refractivity contribution in [1.82, 2.24) is 0 Å². The number of amides is 2. The summed E-state index contributed by atoms with van der Waals surface area (Å²) in [6.45, 7) is 0. The van der Waals surface area contributed by atoms with Gasteiger partial charge in [0.25, 0.3) is 11.8 Å². The van der Waals surface area contributed by atoms with Gasteiger partial charge in [-0.1, -0.05) is 72.8 Å². The Morgan fingerprint density at radius 1 is 0.426 bits per heavy atom. The quantitative estimate of drug-likeness (QED) is 0.236. The van der Waals surface area contributed by atoms with Gasteiger partial charge in [0.15, 0.2) is 8.07 Å². The summed E-state index contributed by atoms with van der Waals surface area (Å²) in [6, 6.07) is 47.5.